The molecule has 0 fully saturated rings. The maximum Gasteiger partial charge on any atom is 0.201 e. The molecule has 0 aliphatic rings. The molecule has 0 aliphatic heterocycles. The predicted molar refractivity (Wildman–Crippen MR) is 72.3 cm³/mol. The Kier molecular flexibility index (Phi) is 2.56. The van der Waals surface area contributed by atoms with Gasteiger partial charge < -0.3 is 10.3 Å². The SMILES string of the molecule is Cc1ccsc1Cn1c(N)nc2ccc(F)cc21. The molecule has 0 atom stereocenters. The van der Waals surface area contributed by atoms with Gasteiger partial charge in [-0.15, -0.1) is 11.3 Å². The highest BCUT2D eigenvalue weighted by molar-refractivity contribution is 7.10. The average molecular weight is 261 g/mol. The molecule has 0 unspecified atom stereocenters. The number of hydrogen-bond donors (Lipinski definition) is 1. The van der Waals surface area contributed by atoms with Gasteiger partial charge in [-0.25, -0.2) is 9.37 Å². The Morgan fingerprint density at radius 2 is 2.22 bits per heavy atom. The molecule has 0 amide bonds. The molecule has 0 aliphatic carbocycles. The van der Waals surface area contributed by atoms with Crippen molar-refractivity contribution in [3.63, 3.8) is 0 Å². The van der Waals surface area contributed by atoms with Crippen LogP contribution in [0.2, 0.25) is 0 Å². The van der Waals surface area contributed by atoms with Gasteiger partial charge in [-0.1, -0.05) is 0 Å². The van der Waals surface area contributed by atoms with Crippen molar-refractivity contribution in [3.8, 4) is 0 Å². The Labute approximate surface area is 108 Å². The van der Waals surface area contributed by atoms with Gasteiger partial charge in [0, 0.05) is 4.88 Å². The van der Waals surface area contributed by atoms with Gasteiger partial charge in [0.15, 0.2) is 0 Å². The van der Waals surface area contributed by atoms with Crippen molar-refractivity contribution < 1.29 is 4.39 Å². The van der Waals surface area contributed by atoms with Crippen LogP contribution >= 0.6 is 11.3 Å². The van der Waals surface area contributed by atoms with Crippen LogP contribution in [0.15, 0.2) is 29.6 Å². The monoisotopic (exact) mass is 261 g/mol. The summed E-state index contributed by atoms with van der Waals surface area (Å²) in [6.45, 7) is 2.69. The number of fused-ring (bicyclic) bond motifs is 1. The quantitative estimate of drug-likeness (QED) is 0.770. The van der Waals surface area contributed by atoms with Crippen LogP contribution < -0.4 is 5.73 Å². The first-order chi connectivity index (χ1) is 8.65. The van der Waals surface area contributed by atoms with Crippen LogP contribution in [0.25, 0.3) is 11.0 Å². The Bertz CT molecular complexity index is 714. The minimum Gasteiger partial charge on any atom is -0.369 e. The molecule has 0 bridgehead atoms. The van der Waals surface area contributed by atoms with Gasteiger partial charge in [-0.3, -0.25) is 0 Å². The van der Waals surface area contributed by atoms with Crippen molar-refractivity contribution >= 4 is 28.3 Å². The van der Waals surface area contributed by atoms with Crippen LogP contribution in [0.4, 0.5) is 10.3 Å². The molecule has 92 valence electrons. The number of imidazole rings is 1. The Balaban J connectivity index is 2.13. The topological polar surface area (TPSA) is 43.8 Å². The van der Waals surface area contributed by atoms with E-state index in [0.717, 1.165) is 11.0 Å². The van der Waals surface area contributed by atoms with Gasteiger partial charge in [0.25, 0.3) is 0 Å². The molecule has 3 nitrogen and oxygen atoms in total. The molecule has 3 aromatic rings. The van der Waals surface area contributed by atoms with E-state index in [4.69, 9.17) is 5.73 Å². The zero-order valence-electron chi connectivity index (χ0n) is 9.85. The predicted octanol–water partition coefficient (Wildman–Crippen LogP) is 3.18. The molecule has 2 heterocycles. The largest absolute Gasteiger partial charge is 0.369 e. The zero-order chi connectivity index (χ0) is 12.7. The number of nitrogens with zero attached hydrogens (tertiary/aromatic N) is 2. The first-order valence-corrected chi connectivity index (χ1v) is 6.47. The number of anilines is 1. The minimum absolute atomic E-state index is 0.272. The van der Waals surface area contributed by atoms with Crippen LogP contribution in [0.3, 0.4) is 0 Å². The van der Waals surface area contributed by atoms with E-state index in [2.05, 4.69) is 18.0 Å². The van der Waals surface area contributed by atoms with Crippen molar-refractivity contribution in [2.45, 2.75) is 13.5 Å². The first kappa shape index (κ1) is 11.2. The second kappa shape index (κ2) is 4.10. The highest BCUT2D eigenvalue weighted by Gasteiger charge is 2.11. The maximum absolute atomic E-state index is 13.3. The summed E-state index contributed by atoms with van der Waals surface area (Å²) in [4.78, 5) is 5.46. The van der Waals surface area contributed by atoms with Crippen molar-refractivity contribution in [1.82, 2.24) is 9.55 Å². The Morgan fingerprint density at radius 3 is 2.94 bits per heavy atom. The van der Waals surface area contributed by atoms with Crippen LogP contribution in [-0.4, -0.2) is 9.55 Å². The van der Waals surface area contributed by atoms with E-state index in [1.807, 2.05) is 9.95 Å². The molecule has 1 aromatic carbocycles. The average Bonchev–Trinajstić information content (AvgIpc) is 2.86. The molecule has 0 saturated carbocycles. The summed E-state index contributed by atoms with van der Waals surface area (Å²) in [7, 11) is 0. The van der Waals surface area contributed by atoms with Crippen LogP contribution in [0.1, 0.15) is 10.4 Å². The van der Waals surface area contributed by atoms with Crippen molar-refractivity contribution in [1.29, 1.82) is 0 Å². The van der Waals surface area contributed by atoms with Gasteiger partial charge >= 0.3 is 0 Å². The third-order valence-corrected chi connectivity index (χ3v) is 4.02. The molecule has 2 N–H and O–H groups in total. The second-order valence-electron chi connectivity index (χ2n) is 4.22. The van der Waals surface area contributed by atoms with Gasteiger partial charge in [0.05, 0.1) is 17.6 Å². The lowest BCUT2D eigenvalue weighted by atomic mass is 10.2. The molecule has 0 spiro atoms. The Hall–Kier alpha value is -1.88. The molecular weight excluding hydrogens is 249 g/mol. The lowest BCUT2D eigenvalue weighted by Gasteiger charge is -2.05. The highest BCUT2D eigenvalue weighted by Crippen LogP contribution is 2.23. The fourth-order valence-corrected chi connectivity index (χ4v) is 2.88. The van der Waals surface area contributed by atoms with E-state index in [0.29, 0.717) is 12.5 Å². The number of nitrogens with two attached hydrogens (primary N) is 1. The summed E-state index contributed by atoms with van der Waals surface area (Å²) in [6, 6.07) is 6.59. The molecule has 18 heavy (non-hydrogen) atoms. The lowest BCUT2D eigenvalue weighted by molar-refractivity contribution is 0.628. The number of nitrogen functional groups attached to an aromatic ring is 1. The molecule has 3 rings (SSSR count). The maximum atomic E-state index is 13.3. The number of thiophene rings is 1. The van der Waals surface area contributed by atoms with Crippen molar-refractivity contribution in [2.24, 2.45) is 0 Å². The van der Waals surface area contributed by atoms with Crippen molar-refractivity contribution in [2.75, 3.05) is 5.73 Å². The fourth-order valence-electron chi connectivity index (χ4n) is 1.99. The molecule has 0 saturated heterocycles. The summed E-state index contributed by atoms with van der Waals surface area (Å²) >= 11 is 1.67. The van der Waals surface area contributed by atoms with E-state index >= 15 is 0 Å². The summed E-state index contributed by atoms with van der Waals surface area (Å²) in [5.74, 6) is 0.148. The summed E-state index contributed by atoms with van der Waals surface area (Å²) in [5, 5.41) is 2.04. The van der Waals surface area contributed by atoms with Crippen LogP contribution in [0, 0.1) is 12.7 Å². The number of aromatic nitrogens is 2. The van der Waals surface area contributed by atoms with Gasteiger partial charge in [0.1, 0.15) is 5.82 Å². The van der Waals surface area contributed by atoms with Gasteiger partial charge in [0.2, 0.25) is 5.95 Å². The highest BCUT2D eigenvalue weighted by atomic mass is 32.1. The molecular formula is C13H12FN3S. The summed E-state index contributed by atoms with van der Waals surface area (Å²) < 4.78 is 15.1. The van der Waals surface area contributed by atoms with Gasteiger partial charge in [-0.2, -0.15) is 0 Å². The first-order valence-electron chi connectivity index (χ1n) is 5.59. The summed E-state index contributed by atoms with van der Waals surface area (Å²) in [5.41, 5.74) is 8.59. The number of aryl methyl sites for hydroxylation is 1. The number of rotatable bonds is 2. The fraction of sp³-hybridized carbons (Fsp3) is 0.154. The second-order valence-corrected chi connectivity index (χ2v) is 5.22. The number of benzene rings is 1. The third-order valence-electron chi connectivity index (χ3n) is 3.01. The van der Waals surface area contributed by atoms with Crippen LogP contribution in [-0.2, 0) is 6.54 Å². The normalized spacial score (nSPS) is 11.2. The smallest absolute Gasteiger partial charge is 0.201 e. The standard InChI is InChI=1S/C13H12FN3S/c1-8-4-5-18-12(8)7-17-11-6-9(14)2-3-10(11)16-13(17)15/h2-6H,7H2,1H3,(H2,15,16). The van der Waals surface area contributed by atoms with E-state index in [9.17, 15) is 4.39 Å². The molecule has 5 heteroatoms. The minimum atomic E-state index is -0.272. The third kappa shape index (κ3) is 1.76. The zero-order valence-corrected chi connectivity index (χ0v) is 10.7. The van der Waals surface area contributed by atoms with E-state index in [-0.39, 0.29) is 5.82 Å². The molecule has 2 aromatic heterocycles. The van der Waals surface area contributed by atoms with E-state index in [1.165, 1.54) is 22.6 Å². The number of halogens is 1. The Morgan fingerprint density at radius 1 is 1.39 bits per heavy atom. The number of hydrogen-bond acceptors (Lipinski definition) is 3. The lowest BCUT2D eigenvalue weighted by Crippen LogP contribution is -2.04. The van der Waals surface area contributed by atoms with Crippen molar-refractivity contribution in [3.05, 3.63) is 45.9 Å². The van der Waals surface area contributed by atoms with Crippen LogP contribution in [0.5, 0.6) is 0 Å². The molecule has 0 radical (unpaired) electrons. The van der Waals surface area contributed by atoms with Gasteiger partial charge in [-0.05, 0) is 42.1 Å². The van der Waals surface area contributed by atoms with E-state index in [1.54, 1.807) is 17.4 Å². The summed E-state index contributed by atoms with van der Waals surface area (Å²) in [6.07, 6.45) is 0. The van der Waals surface area contributed by atoms with E-state index < -0.39 is 0 Å².